The number of likely N-dealkylation sites (tertiary alicyclic amines) is 1. The van der Waals surface area contributed by atoms with Crippen LogP contribution < -0.4 is 0 Å². The van der Waals surface area contributed by atoms with E-state index in [2.05, 4.69) is 30.0 Å². The molecule has 2 aromatic rings. The molecule has 24 heavy (non-hydrogen) atoms. The van der Waals surface area contributed by atoms with E-state index in [-0.39, 0.29) is 11.9 Å². The largest absolute Gasteiger partial charge is 0.508 e. The van der Waals surface area contributed by atoms with Crippen molar-refractivity contribution >= 4 is 16.7 Å². The molecule has 1 atom stereocenters. The number of benzene rings is 2. The first-order valence-corrected chi connectivity index (χ1v) is 8.72. The van der Waals surface area contributed by atoms with Crippen LogP contribution >= 0.6 is 0 Å². The first kappa shape index (κ1) is 16.8. The lowest BCUT2D eigenvalue weighted by Crippen LogP contribution is -2.38. The zero-order valence-electron chi connectivity index (χ0n) is 14.4. The van der Waals surface area contributed by atoms with E-state index in [1.807, 2.05) is 13.0 Å². The van der Waals surface area contributed by atoms with Crippen molar-refractivity contribution in [3.05, 3.63) is 42.0 Å². The Morgan fingerprint density at radius 2 is 1.88 bits per heavy atom. The van der Waals surface area contributed by atoms with Crippen LogP contribution in [0, 0.1) is 5.92 Å². The second-order valence-corrected chi connectivity index (χ2v) is 6.53. The SMILES string of the molecule is CCOC(=O)C1CCN(C(C)c2ccc3cc(O)ccc3c2)CC1. The Kier molecular flexibility index (Phi) is 5.05. The lowest BCUT2D eigenvalue weighted by Gasteiger charge is -2.35. The van der Waals surface area contributed by atoms with Crippen LogP contribution in [-0.4, -0.2) is 35.7 Å². The molecule has 0 spiro atoms. The number of hydrogen-bond donors (Lipinski definition) is 1. The molecule has 1 N–H and O–H groups in total. The molecule has 128 valence electrons. The van der Waals surface area contributed by atoms with Crippen molar-refractivity contribution in [2.24, 2.45) is 5.92 Å². The Labute approximate surface area is 143 Å². The van der Waals surface area contributed by atoms with Gasteiger partial charge in [0.1, 0.15) is 5.75 Å². The Morgan fingerprint density at radius 1 is 1.21 bits per heavy atom. The van der Waals surface area contributed by atoms with E-state index in [1.165, 1.54) is 5.56 Å². The predicted octanol–water partition coefficient (Wildman–Crippen LogP) is 3.88. The minimum Gasteiger partial charge on any atom is -0.508 e. The Balaban J connectivity index is 1.68. The highest BCUT2D eigenvalue weighted by molar-refractivity contribution is 5.84. The quantitative estimate of drug-likeness (QED) is 0.866. The topological polar surface area (TPSA) is 49.8 Å². The summed E-state index contributed by atoms with van der Waals surface area (Å²) in [7, 11) is 0. The highest BCUT2D eigenvalue weighted by Gasteiger charge is 2.28. The van der Waals surface area contributed by atoms with E-state index in [9.17, 15) is 9.90 Å². The molecular weight excluding hydrogens is 302 g/mol. The molecule has 1 saturated heterocycles. The Morgan fingerprint density at radius 3 is 2.58 bits per heavy atom. The van der Waals surface area contributed by atoms with Crippen LogP contribution in [0.1, 0.15) is 38.3 Å². The second kappa shape index (κ2) is 7.22. The van der Waals surface area contributed by atoms with Crippen molar-refractivity contribution in [2.45, 2.75) is 32.7 Å². The van der Waals surface area contributed by atoms with Crippen LogP contribution in [0.2, 0.25) is 0 Å². The maximum Gasteiger partial charge on any atom is 0.309 e. The number of carbonyl (C=O) groups is 1. The third-order valence-electron chi connectivity index (χ3n) is 5.03. The maximum absolute atomic E-state index is 11.9. The average Bonchev–Trinajstić information content (AvgIpc) is 2.61. The number of piperidine rings is 1. The molecule has 4 heteroatoms. The van der Waals surface area contributed by atoms with Crippen LogP contribution in [0.4, 0.5) is 0 Å². The van der Waals surface area contributed by atoms with E-state index in [1.54, 1.807) is 12.1 Å². The van der Waals surface area contributed by atoms with Crippen LogP contribution in [0.3, 0.4) is 0 Å². The van der Waals surface area contributed by atoms with Gasteiger partial charge in [0.15, 0.2) is 0 Å². The molecule has 0 amide bonds. The van der Waals surface area contributed by atoms with Gasteiger partial charge in [0.2, 0.25) is 0 Å². The van der Waals surface area contributed by atoms with Gasteiger partial charge in [-0.25, -0.2) is 0 Å². The van der Waals surface area contributed by atoms with Gasteiger partial charge in [0.25, 0.3) is 0 Å². The minimum absolute atomic E-state index is 0.0460. The summed E-state index contributed by atoms with van der Waals surface area (Å²) in [6.45, 7) is 6.36. The normalized spacial score (nSPS) is 17.8. The smallest absolute Gasteiger partial charge is 0.309 e. The zero-order valence-corrected chi connectivity index (χ0v) is 14.4. The van der Waals surface area contributed by atoms with Gasteiger partial charge in [-0.15, -0.1) is 0 Å². The first-order chi connectivity index (χ1) is 11.6. The van der Waals surface area contributed by atoms with Crippen molar-refractivity contribution in [1.82, 2.24) is 4.90 Å². The van der Waals surface area contributed by atoms with Gasteiger partial charge < -0.3 is 9.84 Å². The van der Waals surface area contributed by atoms with Gasteiger partial charge in [0, 0.05) is 6.04 Å². The average molecular weight is 327 g/mol. The van der Waals surface area contributed by atoms with Gasteiger partial charge >= 0.3 is 5.97 Å². The highest BCUT2D eigenvalue weighted by atomic mass is 16.5. The zero-order chi connectivity index (χ0) is 17.1. The first-order valence-electron chi connectivity index (χ1n) is 8.72. The fourth-order valence-corrected chi connectivity index (χ4v) is 3.50. The van der Waals surface area contributed by atoms with E-state index in [0.29, 0.717) is 18.4 Å². The molecule has 1 fully saturated rings. The number of phenols is 1. The Bertz CT molecular complexity index is 720. The lowest BCUT2D eigenvalue weighted by atomic mass is 9.94. The van der Waals surface area contributed by atoms with Gasteiger partial charge in [-0.2, -0.15) is 0 Å². The van der Waals surface area contributed by atoms with Crippen molar-refractivity contribution in [3.63, 3.8) is 0 Å². The third-order valence-corrected chi connectivity index (χ3v) is 5.03. The molecule has 0 saturated carbocycles. The summed E-state index contributed by atoms with van der Waals surface area (Å²) in [4.78, 5) is 14.3. The number of carbonyl (C=O) groups excluding carboxylic acids is 1. The minimum atomic E-state index is -0.0460. The molecule has 1 aliphatic heterocycles. The number of nitrogens with zero attached hydrogens (tertiary/aromatic N) is 1. The molecule has 3 rings (SSSR count). The summed E-state index contributed by atoms with van der Waals surface area (Å²) in [5, 5.41) is 11.8. The molecule has 0 aromatic heterocycles. The van der Waals surface area contributed by atoms with Gasteiger partial charge in [0.05, 0.1) is 12.5 Å². The number of esters is 1. The number of fused-ring (bicyclic) bond motifs is 1. The van der Waals surface area contributed by atoms with Crippen molar-refractivity contribution in [3.8, 4) is 5.75 Å². The summed E-state index contributed by atoms with van der Waals surface area (Å²) in [6.07, 6.45) is 1.73. The molecule has 4 nitrogen and oxygen atoms in total. The van der Waals surface area contributed by atoms with E-state index >= 15 is 0 Å². The third kappa shape index (κ3) is 3.54. The molecule has 1 heterocycles. The summed E-state index contributed by atoms with van der Waals surface area (Å²) < 4.78 is 5.14. The van der Waals surface area contributed by atoms with E-state index in [0.717, 1.165) is 36.7 Å². The van der Waals surface area contributed by atoms with Crippen LogP contribution in [0.25, 0.3) is 10.8 Å². The monoisotopic (exact) mass is 327 g/mol. The summed E-state index contributed by atoms with van der Waals surface area (Å²) in [5.74, 6) is 0.299. The van der Waals surface area contributed by atoms with Crippen molar-refractivity contribution in [2.75, 3.05) is 19.7 Å². The second-order valence-electron chi connectivity index (χ2n) is 6.53. The lowest BCUT2D eigenvalue weighted by molar-refractivity contribution is -0.149. The number of aromatic hydroxyl groups is 1. The predicted molar refractivity (Wildman–Crippen MR) is 95.0 cm³/mol. The highest BCUT2D eigenvalue weighted by Crippen LogP contribution is 2.30. The fraction of sp³-hybridized carbons (Fsp3) is 0.450. The maximum atomic E-state index is 11.9. The van der Waals surface area contributed by atoms with Crippen molar-refractivity contribution < 1.29 is 14.6 Å². The number of hydrogen-bond acceptors (Lipinski definition) is 4. The number of phenolic OH excluding ortho intramolecular Hbond substituents is 1. The van der Waals surface area contributed by atoms with Crippen LogP contribution in [0.5, 0.6) is 5.75 Å². The van der Waals surface area contributed by atoms with Gasteiger partial charge in [-0.3, -0.25) is 9.69 Å². The molecule has 0 aliphatic carbocycles. The summed E-state index contributed by atoms with van der Waals surface area (Å²) in [6, 6.07) is 12.2. The molecule has 2 aromatic carbocycles. The van der Waals surface area contributed by atoms with Gasteiger partial charge in [-0.05, 0) is 74.3 Å². The summed E-state index contributed by atoms with van der Waals surface area (Å²) >= 11 is 0. The summed E-state index contributed by atoms with van der Waals surface area (Å²) in [5.41, 5.74) is 1.27. The van der Waals surface area contributed by atoms with E-state index in [4.69, 9.17) is 4.74 Å². The number of rotatable bonds is 4. The molecule has 1 aliphatic rings. The van der Waals surface area contributed by atoms with Crippen LogP contribution in [-0.2, 0) is 9.53 Å². The van der Waals surface area contributed by atoms with Crippen molar-refractivity contribution in [1.29, 1.82) is 0 Å². The molecule has 0 radical (unpaired) electrons. The van der Waals surface area contributed by atoms with E-state index < -0.39 is 0 Å². The molecule has 1 unspecified atom stereocenters. The fourth-order valence-electron chi connectivity index (χ4n) is 3.50. The standard InChI is InChI=1S/C20H25NO3/c1-3-24-20(23)15-8-10-21(11-9-15)14(2)16-4-5-18-13-19(22)7-6-17(18)12-16/h4-7,12-15,22H,3,8-11H2,1-2H3. The molecule has 0 bridgehead atoms. The Hall–Kier alpha value is -2.07. The van der Waals surface area contributed by atoms with Gasteiger partial charge in [-0.1, -0.05) is 18.2 Å². The number of ether oxygens (including phenoxy) is 1. The molecular formula is C20H25NO3. The van der Waals surface area contributed by atoms with Crippen LogP contribution in [0.15, 0.2) is 36.4 Å².